The lowest BCUT2D eigenvalue weighted by Gasteiger charge is -2.44. The Bertz CT molecular complexity index is 441. The smallest absolute Gasteiger partial charge is 0.113 e. The first-order valence-corrected chi connectivity index (χ1v) is 6.56. The number of aromatic nitrogens is 1. The van der Waals surface area contributed by atoms with Crippen LogP contribution < -0.4 is 0 Å². The minimum atomic E-state index is -0.735. The number of nitrogens with zero attached hydrogens (tertiary/aromatic N) is 1. The molecule has 3 rings (SSSR count). The number of pyridine rings is 1. The fourth-order valence-electron chi connectivity index (χ4n) is 4.27. The molecule has 1 aromatic rings. The monoisotopic (exact) mass is 231 g/mol. The number of hydrogen-bond acceptors (Lipinski definition) is 2. The van der Waals surface area contributed by atoms with Gasteiger partial charge in [0.2, 0.25) is 0 Å². The molecule has 2 aliphatic rings. The van der Waals surface area contributed by atoms with Gasteiger partial charge in [-0.3, -0.25) is 4.98 Å². The molecule has 92 valence electrons. The predicted octanol–water partition coefficient (Wildman–Crippen LogP) is 3.12. The summed E-state index contributed by atoms with van der Waals surface area (Å²) in [6.07, 6.45) is 5.01. The maximum atomic E-state index is 11.2. The Kier molecular flexibility index (Phi) is 2.05. The van der Waals surface area contributed by atoms with E-state index in [1.54, 1.807) is 6.20 Å². The van der Waals surface area contributed by atoms with Gasteiger partial charge >= 0.3 is 0 Å². The molecule has 0 aromatic carbocycles. The van der Waals surface area contributed by atoms with Crippen LogP contribution in [-0.2, 0) is 5.60 Å². The first-order valence-electron chi connectivity index (χ1n) is 6.56. The van der Waals surface area contributed by atoms with Crippen LogP contribution in [0.15, 0.2) is 24.4 Å². The van der Waals surface area contributed by atoms with Crippen LogP contribution in [0.1, 0.15) is 45.7 Å². The lowest BCUT2D eigenvalue weighted by Crippen LogP contribution is -2.45. The van der Waals surface area contributed by atoms with Crippen LogP contribution in [-0.4, -0.2) is 10.1 Å². The second-order valence-electron chi connectivity index (χ2n) is 6.57. The first kappa shape index (κ1) is 11.2. The highest BCUT2D eigenvalue weighted by atomic mass is 16.3. The van der Waals surface area contributed by atoms with Gasteiger partial charge in [0.25, 0.3) is 0 Å². The number of rotatable bonds is 1. The van der Waals surface area contributed by atoms with Crippen LogP contribution in [0.3, 0.4) is 0 Å². The fraction of sp³-hybridized carbons (Fsp3) is 0.667. The Labute approximate surface area is 103 Å². The Balaban J connectivity index is 2.13. The summed E-state index contributed by atoms with van der Waals surface area (Å²) in [6.45, 7) is 6.87. The maximum Gasteiger partial charge on any atom is 0.113 e. The second-order valence-corrected chi connectivity index (χ2v) is 6.57. The van der Waals surface area contributed by atoms with Gasteiger partial charge in [0.1, 0.15) is 5.60 Å². The van der Waals surface area contributed by atoms with Gasteiger partial charge in [0, 0.05) is 11.6 Å². The van der Waals surface area contributed by atoms with E-state index in [0.29, 0.717) is 5.92 Å². The Hall–Kier alpha value is -0.890. The largest absolute Gasteiger partial charge is 0.383 e. The van der Waals surface area contributed by atoms with Crippen molar-refractivity contribution in [3.05, 3.63) is 30.1 Å². The van der Waals surface area contributed by atoms with E-state index in [1.807, 2.05) is 18.2 Å². The van der Waals surface area contributed by atoms with Gasteiger partial charge in [-0.15, -0.1) is 0 Å². The Morgan fingerprint density at radius 1 is 1.29 bits per heavy atom. The molecule has 2 nitrogen and oxygen atoms in total. The molecule has 2 heteroatoms. The molecule has 0 saturated heterocycles. The predicted molar refractivity (Wildman–Crippen MR) is 67.4 cm³/mol. The molecule has 3 atom stereocenters. The standard InChI is InChI=1S/C15H21NO/c1-13(2)11-7-8-14(13,3)15(17,10-11)12-6-4-5-9-16-12/h4-6,9,11,17H,7-8,10H2,1-3H3/t11-,14?,15-/m1/s1. The van der Waals surface area contributed by atoms with Crippen molar-refractivity contribution in [3.8, 4) is 0 Å². The van der Waals surface area contributed by atoms with Crippen LogP contribution in [0.4, 0.5) is 0 Å². The minimum Gasteiger partial charge on any atom is -0.383 e. The van der Waals surface area contributed by atoms with Gasteiger partial charge in [0.15, 0.2) is 0 Å². The maximum absolute atomic E-state index is 11.2. The third-order valence-electron chi connectivity index (χ3n) is 5.98. The summed E-state index contributed by atoms with van der Waals surface area (Å²) in [7, 11) is 0. The SMILES string of the molecule is CC1(C)[C@@H]2CCC1(C)[C@](O)(c1ccccn1)C2. The molecular formula is C15H21NO. The van der Waals surface area contributed by atoms with E-state index in [2.05, 4.69) is 25.8 Å². The zero-order valence-corrected chi connectivity index (χ0v) is 10.9. The Morgan fingerprint density at radius 2 is 2.06 bits per heavy atom. The van der Waals surface area contributed by atoms with Crippen LogP contribution >= 0.6 is 0 Å². The quantitative estimate of drug-likeness (QED) is 0.805. The summed E-state index contributed by atoms with van der Waals surface area (Å²) in [5.74, 6) is 0.625. The van der Waals surface area contributed by atoms with Crippen molar-refractivity contribution in [1.29, 1.82) is 0 Å². The lowest BCUT2D eigenvalue weighted by atomic mass is 9.63. The fourth-order valence-corrected chi connectivity index (χ4v) is 4.27. The molecule has 1 aromatic heterocycles. The highest BCUT2D eigenvalue weighted by molar-refractivity contribution is 5.27. The topological polar surface area (TPSA) is 33.1 Å². The highest BCUT2D eigenvalue weighted by Gasteiger charge is 2.69. The average Bonchev–Trinajstić information content (AvgIpc) is 2.62. The van der Waals surface area contributed by atoms with Crippen molar-refractivity contribution in [2.24, 2.45) is 16.7 Å². The summed E-state index contributed by atoms with van der Waals surface area (Å²) in [6, 6.07) is 5.86. The molecule has 2 fully saturated rings. The summed E-state index contributed by atoms with van der Waals surface area (Å²) in [5.41, 5.74) is 0.289. The van der Waals surface area contributed by atoms with E-state index >= 15 is 0 Å². The van der Waals surface area contributed by atoms with Gasteiger partial charge in [-0.1, -0.05) is 26.8 Å². The summed E-state index contributed by atoms with van der Waals surface area (Å²) < 4.78 is 0. The van der Waals surface area contributed by atoms with Gasteiger partial charge in [-0.25, -0.2) is 0 Å². The number of fused-ring (bicyclic) bond motifs is 2. The van der Waals surface area contributed by atoms with E-state index in [-0.39, 0.29) is 10.8 Å². The lowest BCUT2D eigenvalue weighted by molar-refractivity contribution is -0.0987. The molecule has 2 aliphatic carbocycles. The molecule has 0 radical (unpaired) electrons. The van der Waals surface area contributed by atoms with Crippen LogP contribution in [0.2, 0.25) is 0 Å². The normalized spacial score (nSPS) is 42.9. The molecule has 0 amide bonds. The van der Waals surface area contributed by atoms with E-state index in [9.17, 15) is 5.11 Å². The van der Waals surface area contributed by atoms with Crippen molar-refractivity contribution in [2.75, 3.05) is 0 Å². The van der Waals surface area contributed by atoms with Gasteiger partial charge < -0.3 is 5.11 Å². The number of aliphatic hydroxyl groups is 1. The molecular weight excluding hydrogens is 210 g/mol. The van der Waals surface area contributed by atoms with Crippen molar-refractivity contribution in [2.45, 2.75) is 45.6 Å². The van der Waals surface area contributed by atoms with Gasteiger partial charge in [-0.05, 0) is 42.7 Å². The molecule has 0 aliphatic heterocycles. The molecule has 1 N–H and O–H groups in total. The van der Waals surface area contributed by atoms with Crippen molar-refractivity contribution in [1.82, 2.24) is 4.98 Å². The summed E-state index contributed by atoms with van der Waals surface area (Å²) in [5, 5.41) is 11.2. The second kappa shape index (κ2) is 3.11. The summed E-state index contributed by atoms with van der Waals surface area (Å²) in [4.78, 5) is 4.41. The van der Waals surface area contributed by atoms with Crippen molar-refractivity contribution >= 4 is 0 Å². The zero-order valence-electron chi connectivity index (χ0n) is 10.9. The van der Waals surface area contributed by atoms with Crippen LogP contribution in [0, 0.1) is 16.7 Å². The highest BCUT2D eigenvalue weighted by Crippen LogP contribution is 2.72. The third kappa shape index (κ3) is 1.12. The average molecular weight is 231 g/mol. The van der Waals surface area contributed by atoms with Crippen molar-refractivity contribution < 1.29 is 5.11 Å². The van der Waals surface area contributed by atoms with E-state index in [0.717, 1.165) is 18.5 Å². The third-order valence-corrected chi connectivity index (χ3v) is 5.98. The van der Waals surface area contributed by atoms with E-state index < -0.39 is 5.60 Å². The van der Waals surface area contributed by atoms with E-state index in [4.69, 9.17) is 0 Å². The molecule has 2 saturated carbocycles. The zero-order chi connectivity index (χ0) is 12.3. The molecule has 0 spiro atoms. The van der Waals surface area contributed by atoms with Gasteiger partial charge in [-0.2, -0.15) is 0 Å². The van der Waals surface area contributed by atoms with Crippen LogP contribution in [0.5, 0.6) is 0 Å². The summed E-state index contributed by atoms with van der Waals surface area (Å²) >= 11 is 0. The van der Waals surface area contributed by atoms with E-state index in [1.165, 1.54) is 6.42 Å². The van der Waals surface area contributed by atoms with Gasteiger partial charge in [0.05, 0.1) is 5.69 Å². The Morgan fingerprint density at radius 3 is 2.53 bits per heavy atom. The molecule has 1 heterocycles. The minimum absolute atomic E-state index is 0.0426. The van der Waals surface area contributed by atoms with Crippen LogP contribution in [0.25, 0.3) is 0 Å². The molecule has 2 bridgehead atoms. The van der Waals surface area contributed by atoms with Crippen molar-refractivity contribution in [3.63, 3.8) is 0 Å². The molecule has 1 unspecified atom stereocenters. The number of hydrogen-bond donors (Lipinski definition) is 1. The molecule has 17 heavy (non-hydrogen) atoms. The first-order chi connectivity index (χ1) is 7.92.